The van der Waals surface area contributed by atoms with Gasteiger partial charge in [0.1, 0.15) is 4.87 Å². The lowest BCUT2D eigenvalue weighted by molar-refractivity contribution is -0.143. The number of carbonyl (C=O) groups excluding carboxylic acids is 1. The fourth-order valence-electron chi connectivity index (χ4n) is 3.69. The van der Waals surface area contributed by atoms with Crippen LogP contribution in [0.5, 0.6) is 0 Å². The number of nitriles is 1. The SMILES string of the molecule is C=CC[C@@]1(Cl)C(=O)N(Cc2ccccc2)[C@@H]2CC=C(C#N)[C@H]1C2. The Bertz CT molecular complexity index is 691. The Kier molecular flexibility index (Phi) is 4.28. The van der Waals surface area contributed by atoms with E-state index in [2.05, 4.69) is 12.6 Å². The largest absolute Gasteiger partial charge is 0.333 e. The average Bonchev–Trinajstić information content (AvgIpc) is 2.58. The minimum Gasteiger partial charge on any atom is -0.333 e. The summed E-state index contributed by atoms with van der Waals surface area (Å²) >= 11 is 6.77. The van der Waals surface area contributed by atoms with Crippen molar-refractivity contribution < 1.29 is 4.79 Å². The molecule has 0 radical (unpaired) electrons. The lowest BCUT2D eigenvalue weighted by Crippen LogP contribution is -2.60. The van der Waals surface area contributed by atoms with E-state index in [-0.39, 0.29) is 17.9 Å². The van der Waals surface area contributed by atoms with Crippen LogP contribution in [0.1, 0.15) is 24.8 Å². The van der Waals surface area contributed by atoms with Crippen LogP contribution in [-0.4, -0.2) is 21.7 Å². The second-order valence-corrected chi connectivity index (χ2v) is 6.90. The number of nitrogens with zero attached hydrogens (tertiary/aromatic N) is 2. The molecule has 0 spiro atoms. The number of hydrogen-bond acceptors (Lipinski definition) is 2. The fourth-order valence-corrected chi connectivity index (χ4v) is 4.11. The third-order valence-electron chi connectivity index (χ3n) is 4.87. The highest BCUT2D eigenvalue weighted by molar-refractivity contribution is 6.35. The van der Waals surface area contributed by atoms with Gasteiger partial charge in [0.15, 0.2) is 0 Å². The Morgan fingerprint density at radius 1 is 1.43 bits per heavy atom. The lowest BCUT2D eigenvalue weighted by atomic mass is 9.70. The summed E-state index contributed by atoms with van der Waals surface area (Å²) in [5, 5.41) is 9.36. The van der Waals surface area contributed by atoms with Crippen LogP contribution in [0, 0.1) is 17.2 Å². The molecule has 1 aliphatic carbocycles. The van der Waals surface area contributed by atoms with E-state index in [1.165, 1.54) is 0 Å². The number of halogens is 1. The van der Waals surface area contributed by atoms with Gasteiger partial charge in [0.05, 0.1) is 6.07 Å². The second kappa shape index (κ2) is 6.22. The summed E-state index contributed by atoms with van der Waals surface area (Å²) in [5.74, 6) is -0.296. The molecule has 1 fully saturated rings. The molecule has 3 nitrogen and oxygen atoms in total. The van der Waals surface area contributed by atoms with Gasteiger partial charge in [-0.3, -0.25) is 4.79 Å². The van der Waals surface area contributed by atoms with Crippen molar-refractivity contribution in [3.05, 3.63) is 60.2 Å². The van der Waals surface area contributed by atoms with Crippen LogP contribution in [0.15, 0.2) is 54.6 Å². The third kappa shape index (κ3) is 2.68. The van der Waals surface area contributed by atoms with E-state index in [4.69, 9.17) is 11.6 Å². The molecule has 1 heterocycles. The number of alkyl halides is 1. The zero-order chi connectivity index (χ0) is 16.4. The van der Waals surface area contributed by atoms with Crippen LogP contribution < -0.4 is 0 Å². The molecule has 2 bridgehead atoms. The van der Waals surface area contributed by atoms with Gasteiger partial charge >= 0.3 is 0 Å². The number of likely N-dealkylation sites (tertiary alicyclic amines) is 1. The van der Waals surface area contributed by atoms with Gasteiger partial charge < -0.3 is 4.90 Å². The molecule has 2 aliphatic rings. The van der Waals surface area contributed by atoms with Crippen LogP contribution in [0.25, 0.3) is 0 Å². The van der Waals surface area contributed by atoms with E-state index in [0.29, 0.717) is 18.5 Å². The smallest absolute Gasteiger partial charge is 0.245 e. The van der Waals surface area contributed by atoms with Crippen molar-refractivity contribution in [2.45, 2.75) is 36.7 Å². The van der Waals surface area contributed by atoms with Crippen LogP contribution in [0.4, 0.5) is 0 Å². The molecule has 1 saturated heterocycles. The van der Waals surface area contributed by atoms with Gasteiger partial charge in [-0.15, -0.1) is 18.2 Å². The molecular formula is C19H19ClN2O. The molecule has 1 aliphatic heterocycles. The summed E-state index contributed by atoms with van der Waals surface area (Å²) in [6, 6.07) is 12.3. The summed E-state index contributed by atoms with van der Waals surface area (Å²) in [6.45, 7) is 4.30. The van der Waals surface area contributed by atoms with Crippen molar-refractivity contribution in [2.24, 2.45) is 5.92 Å². The van der Waals surface area contributed by atoms with Gasteiger partial charge in [0.25, 0.3) is 0 Å². The quantitative estimate of drug-likeness (QED) is 0.624. The number of benzene rings is 1. The maximum absolute atomic E-state index is 13.1. The minimum atomic E-state index is -1.09. The van der Waals surface area contributed by atoms with E-state index in [0.717, 1.165) is 18.4 Å². The molecule has 1 aromatic carbocycles. The first kappa shape index (κ1) is 15.8. The molecule has 1 aromatic rings. The summed E-state index contributed by atoms with van der Waals surface area (Å²) in [6.07, 6.45) is 5.46. The Labute approximate surface area is 141 Å². The standard InChI is InChI=1S/C19H19ClN2O/c1-2-10-19(20)17-11-16(9-8-15(17)12-21)22(18(19)23)13-14-6-4-3-5-7-14/h2-8,16-17H,1,9-11,13H2/t16-,17-,19+/m1/s1. The summed E-state index contributed by atoms with van der Waals surface area (Å²) in [7, 11) is 0. The fraction of sp³-hybridized carbons (Fsp3) is 0.368. The summed E-state index contributed by atoms with van der Waals surface area (Å²) in [5.41, 5.74) is 1.73. The number of rotatable bonds is 4. The summed E-state index contributed by atoms with van der Waals surface area (Å²) in [4.78, 5) is 13.9. The van der Waals surface area contributed by atoms with Crippen LogP contribution >= 0.6 is 11.6 Å². The van der Waals surface area contributed by atoms with Crippen molar-refractivity contribution in [1.82, 2.24) is 4.90 Å². The van der Waals surface area contributed by atoms with Gasteiger partial charge in [0, 0.05) is 24.1 Å². The monoisotopic (exact) mass is 326 g/mol. The second-order valence-electron chi connectivity index (χ2n) is 6.22. The first-order valence-corrected chi connectivity index (χ1v) is 8.23. The van der Waals surface area contributed by atoms with E-state index in [9.17, 15) is 10.1 Å². The Morgan fingerprint density at radius 3 is 2.83 bits per heavy atom. The van der Waals surface area contributed by atoms with E-state index < -0.39 is 4.87 Å². The maximum Gasteiger partial charge on any atom is 0.245 e. The maximum atomic E-state index is 13.1. The Morgan fingerprint density at radius 2 is 2.17 bits per heavy atom. The van der Waals surface area contributed by atoms with E-state index in [1.54, 1.807) is 6.08 Å². The number of carbonyl (C=O) groups is 1. The molecule has 0 aromatic heterocycles. The van der Waals surface area contributed by atoms with Crippen molar-refractivity contribution in [1.29, 1.82) is 5.26 Å². The highest BCUT2D eigenvalue weighted by Crippen LogP contribution is 2.47. The van der Waals surface area contributed by atoms with Gasteiger partial charge in [-0.2, -0.15) is 5.26 Å². The Hall–Kier alpha value is -2.05. The van der Waals surface area contributed by atoms with E-state index in [1.807, 2.05) is 41.3 Å². The van der Waals surface area contributed by atoms with Crippen LogP contribution in [0.2, 0.25) is 0 Å². The molecule has 0 saturated carbocycles. The van der Waals surface area contributed by atoms with Gasteiger partial charge in [-0.25, -0.2) is 0 Å². The first-order chi connectivity index (χ1) is 11.1. The first-order valence-electron chi connectivity index (χ1n) is 7.85. The minimum absolute atomic E-state index is 0.0787. The number of piperidine rings is 1. The molecule has 118 valence electrons. The highest BCUT2D eigenvalue weighted by atomic mass is 35.5. The molecule has 0 N–H and O–H groups in total. The normalized spacial score (nSPS) is 29.7. The van der Waals surface area contributed by atoms with Crippen molar-refractivity contribution in [3.8, 4) is 6.07 Å². The average molecular weight is 327 g/mol. The molecule has 3 atom stereocenters. The van der Waals surface area contributed by atoms with Crippen molar-refractivity contribution >= 4 is 17.5 Å². The van der Waals surface area contributed by atoms with Gasteiger partial charge in [-0.05, 0) is 24.8 Å². The molecule has 3 rings (SSSR count). The topological polar surface area (TPSA) is 44.1 Å². The Balaban J connectivity index is 1.97. The molecule has 4 heteroatoms. The molecule has 23 heavy (non-hydrogen) atoms. The number of allylic oxidation sites excluding steroid dienone is 2. The van der Waals surface area contributed by atoms with Crippen molar-refractivity contribution in [2.75, 3.05) is 0 Å². The predicted octanol–water partition coefficient (Wildman–Crippen LogP) is 3.81. The van der Waals surface area contributed by atoms with Crippen LogP contribution in [0.3, 0.4) is 0 Å². The van der Waals surface area contributed by atoms with Crippen LogP contribution in [-0.2, 0) is 11.3 Å². The highest BCUT2D eigenvalue weighted by Gasteiger charge is 2.54. The van der Waals surface area contributed by atoms with E-state index >= 15 is 0 Å². The summed E-state index contributed by atoms with van der Waals surface area (Å²) < 4.78 is 0. The predicted molar refractivity (Wildman–Crippen MR) is 90.6 cm³/mol. The molecular weight excluding hydrogens is 308 g/mol. The number of hydrogen-bond donors (Lipinski definition) is 0. The molecule has 1 amide bonds. The molecule has 0 unspecified atom stereocenters. The van der Waals surface area contributed by atoms with Gasteiger partial charge in [-0.1, -0.05) is 42.5 Å². The zero-order valence-corrected chi connectivity index (χ0v) is 13.7. The van der Waals surface area contributed by atoms with Gasteiger partial charge in [0.2, 0.25) is 5.91 Å². The number of fused-ring (bicyclic) bond motifs is 2. The lowest BCUT2D eigenvalue weighted by Gasteiger charge is -2.49. The van der Waals surface area contributed by atoms with Crippen molar-refractivity contribution in [3.63, 3.8) is 0 Å². The zero-order valence-electron chi connectivity index (χ0n) is 12.9. The number of amides is 1. The third-order valence-corrected chi connectivity index (χ3v) is 5.45.